The van der Waals surface area contributed by atoms with Crippen molar-refractivity contribution in [1.29, 1.82) is 0 Å². The highest BCUT2D eigenvalue weighted by Gasteiger charge is 2.31. The van der Waals surface area contributed by atoms with Crippen LogP contribution in [0.15, 0.2) is 36.8 Å². The third kappa shape index (κ3) is 4.85. The molecule has 0 aliphatic carbocycles. The molecule has 0 unspecified atom stereocenters. The summed E-state index contributed by atoms with van der Waals surface area (Å²) in [5.41, 5.74) is -0.323. The fourth-order valence-electron chi connectivity index (χ4n) is 2.27. The number of aryl methyl sites for hydroxylation is 1. The molecule has 11 heteroatoms. The van der Waals surface area contributed by atoms with E-state index >= 15 is 0 Å². The van der Waals surface area contributed by atoms with Gasteiger partial charge in [0.15, 0.2) is 5.82 Å². The average Bonchev–Trinajstić information content (AvgIpc) is 2.99. The van der Waals surface area contributed by atoms with Crippen LogP contribution >= 0.6 is 11.6 Å². The lowest BCUT2D eigenvalue weighted by Crippen LogP contribution is -2.09. The van der Waals surface area contributed by atoms with E-state index in [4.69, 9.17) is 11.6 Å². The van der Waals surface area contributed by atoms with Crippen molar-refractivity contribution in [2.45, 2.75) is 12.7 Å². The van der Waals surface area contributed by atoms with Crippen LogP contribution in [0, 0.1) is 5.82 Å². The van der Waals surface area contributed by atoms with Gasteiger partial charge in [-0.3, -0.25) is 4.68 Å². The molecule has 3 rings (SSSR count). The number of halogens is 5. The Morgan fingerprint density at radius 1 is 1.19 bits per heavy atom. The van der Waals surface area contributed by atoms with Crippen molar-refractivity contribution in [3.8, 4) is 0 Å². The minimum Gasteiger partial charge on any atom is -0.365 e. The summed E-state index contributed by atoms with van der Waals surface area (Å²) in [4.78, 5) is 8.19. The molecular weight excluding hydrogens is 388 g/mol. The minimum absolute atomic E-state index is 0.0961. The van der Waals surface area contributed by atoms with Gasteiger partial charge in [0.25, 0.3) is 0 Å². The van der Waals surface area contributed by atoms with Gasteiger partial charge >= 0.3 is 6.18 Å². The number of nitrogens with one attached hydrogen (secondary N) is 2. The van der Waals surface area contributed by atoms with Crippen molar-refractivity contribution < 1.29 is 17.6 Å². The van der Waals surface area contributed by atoms with Gasteiger partial charge in [-0.1, -0.05) is 11.6 Å². The highest BCUT2D eigenvalue weighted by molar-refractivity contribution is 6.32. The van der Waals surface area contributed by atoms with E-state index in [0.29, 0.717) is 11.8 Å². The number of benzene rings is 1. The number of aromatic nitrogens is 4. The number of hydrogen-bond donors (Lipinski definition) is 2. The average molecular weight is 401 g/mol. The fraction of sp³-hybridized carbons (Fsp3) is 0.188. The predicted molar refractivity (Wildman–Crippen MR) is 92.3 cm³/mol. The summed E-state index contributed by atoms with van der Waals surface area (Å²) >= 11 is 6.02. The van der Waals surface area contributed by atoms with E-state index in [1.165, 1.54) is 6.20 Å². The maximum absolute atomic E-state index is 13.5. The molecule has 1 aromatic carbocycles. The quantitative estimate of drug-likeness (QED) is 0.622. The summed E-state index contributed by atoms with van der Waals surface area (Å²) in [7, 11) is 1.75. The normalized spacial score (nSPS) is 11.5. The van der Waals surface area contributed by atoms with E-state index in [2.05, 4.69) is 25.7 Å². The van der Waals surface area contributed by atoms with Crippen molar-refractivity contribution >= 4 is 29.1 Å². The second-order valence-electron chi connectivity index (χ2n) is 5.62. The van der Waals surface area contributed by atoms with Crippen LogP contribution in [0.1, 0.15) is 11.1 Å². The Labute approximate surface area is 156 Å². The Bertz CT molecular complexity index is 956. The number of alkyl halides is 3. The summed E-state index contributed by atoms with van der Waals surface area (Å²) in [6.45, 7) is -0.107. The van der Waals surface area contributed by atoms with Gasteiger partial charge in [0.2, 0.25) is 5.95 Å². The zero-order valence-electron chi connectivity index (χ0n) is 13.8. The maximum Gasteiger partial charge on any atom is 0.416 e. The molecule has 0 amide bonds. The van der Waals surface area contributed by atoms with Gasteiger partial charge in [0.05, 0.1) is 23.6 Å². The van der Waals surface area contributed by atoms with Gasteiger partial charge < -0.3 is 10.6 Å². The van der Waals surface area contributed by atoms with Crippen LogP contribution in [0.3, 0.4) is 0 Å². The zero-order valence-corrected chi connectivity index (χ0v) is 14.6. The highest BCUT2D eigenvalue weighted by Crippen LogP contribution is 2.31. The standard InChI is InChI=1S/C16H13ClF4N6/c1-27-8-12(6-24-27)25-15-23-7-13(17)14(26-15)22-5-9-2-10(16(19,20)21)4-11(18)3-9/h2-4,6-8H,5H2,1H3,(H2,22,23,25,26). The fourth-order valence-corrected chi connectivity index (χ4v) is 2.43. The molecule has 142 valence electrons. The molecule has 2 heterocycles. The number of nitrogens with zero attached hydrogens (tertiary/aromatic N) is 4. The first-order chi connectivity index (χ1) is 12.7. The van der Waals surface area contributed by atoms with Gasteiger partial charge in [0, 0.05) is 19.8 Å². The number of anilines is 3. The summed E-state index contributed by atoms with van der Waals surface area (Å²) in [6.07, 6.45) is -0.0283. The predicted octanol–water partition coefficient (Wildman–Crippen LogP) is 4.38. The molecule has 0 fully saturated rings. The first-order valence-corrected chi connectivity index (χ1v) is 7.97. The van der Waals surface area contributed by atoms with Gasteiger partial charge in [-0.15, -0.1) is 0 Å². The smallest absolute Gasteiger partial charge is 0.365 e. The topological polar surface area (TPSA) is 67.7 Å². The van der Waals surface area contributed by atoms with E-state index in [-0.39, 0.29) is 28.9 Å². The lowest BCUT2D eigenvalue weighted by atomic mass is 10.1. The molecule has 0 saturated heterocycles. The lowest BCUT2D eigenvalue weighted by molar-refractivity contribution is -0.137. The van der Waals surface area contributed by atoms with Crippen LogP contribution in [0.5, 0.6) is 0 Å². The van der Waals surface area contributed by atoms with E-state index in [1.807, 2.05) is 0 Å². The molecule has 0 aliphatic rings. The Morgan fingerprint density at radius 3 is 2.63 bits per heavy atom. The van der Waals surface area contributed by atoms with Gasteiger partial charge in [-0.2, -0.15) is 23.3 Å². The molecule has 0 saturated carbocycles. The maximum atomic E-state index is 13.5. The molecule has 0 spiro atoms. The molecule has 27 heavy (non-hydrogen) atoms. The Hall–Kier alpha value is -2.88. The zero-order chi connectivity index (χ0) is 19.6. The van der Waals surface area contributed by atoms with Crippen LogP contribution in [0.2, 0.25) is 5.02 Å². The first-order valence-electron chi connectivity index (χ1n) is 7.59. The van der Waals surface area contributed by atoms with E-state index in [0.717, 1.165) is 12.1 Å². The van der Waals surface area contributed by atoms with Gasteiger partial charge in [0.1, 0.15) is 10.8 Å². The minimum atomic E-state index is -4.63. The van der Waals surface area contributed by atoms with Crippen molar-refractivity contribution in [3.05, 3.63) is 58.8 Å². The molecular formula is C16H13ClF4N6. The van der Waals surface area contributed by atoms with Crippen LogP contribution in [0.25, 0.3) is 0 Å². The SMILES string of the molecule is Cn1cc(Nc2ncc(Cl)c(NCc3cc(F)cc(C(F)(F)F)c3)n2)cn1. The molecule has 0 atom stereocenters. The Balaban J connectivity index is 1.76. The van der Waals surface area contributed by atoms with Gasteiger partial charge in [-0.05, 0) is 23.8 Å². The first kappa shape index (κ1) is 18.9. The van der Waals surface area contributed by atoms with Crippen molar-refractivity contribution in [2.24, 2.45) is 7.05 Å². The van der Waals surface area contributed by atoms with Crippen LogP contribution in [-0.4, -0.2) is 19.7 Å². The third-order valence-electron chi connectivity index (χ3n) is 3.45. The molecule has 2 N–H and O–H groups in total. The molecule has 3 aromatic rings. The molecule has 0 radical (unpaired) electrons. The van der Waals surface area contributed by atoms with E-state index in [1.54, 1.807) is 24.1 Å². The molecule has 6 nitrogen and oxygen atoms in total. The van der Waals surface area contributed by atoms with Crippen molar-refractivity contribution in [3.63, 3.8) is 0 Å². The van der Waals surface area contributed by atoms with Gasteiger partial charge in [-0.25, -0.2) is 9.37 Å². The van der Waals surface area contributed by atoms with E-state index in [9.17, 15) is 17.6 Å². The number of hydrogen-bond acceptors (Lipinski definition) is 5. The summed E-state index contributed by atoms with van der Waals surface area (Å²) in [5.74, 6) is -0.574. The third-order valence-corrected chi connectivity index (χ3v) is 3.73. The second kappa shape index (κ2) is 7.39. The largest absolute Gasteiger partial charge is 0.416 e. The summed E-state index contributed by atoms with van der Waals surface area (Å²) in [5, 5.41) is 9.86. The van der Waals surface area contributed by atoms with Crippen molar-refractivity contribution in [1.82, 2.24) is 19.7 Å². The van der Waals surface area contributed by atoms with Crippen LogP contribution < -0.4 is 10.6 Å². The molecule has 2 aromatic heterocycles. The monoisotopic (exact) mass is 400 g/mol. The van der Waals surface area contributed by atoms with Crippen LogP contribution in [0.4, 0.5) is 35.0 Å². The summed E-state index contributed by atoms with van der Waals surface area (Å²) in [6, 6.07) is 2.31. The van der Waals surface area contributed by atoms with E-state index < -0.39 is 17.6 Å². The summed E-state index contributed by atoms with van der Waals surface area (Å²) < 4.78 is 53.4. The highest BCUT2D eigenvalue weighted by atomic mass is 35.5. The Kier molecular flexibility index (Phi) is 5.17. The molecule has 0 bridgehead atoms. The second-order valence-corrected chi connectivity index (χ2v) is 6.02. The Morgan fingerprint density at radius 2 is 1.96 bits per heavy atom. The molecule has 0 aliphatic heterocycles. The van der Waals surface area contributed by atoms with Crippen LogP contribution in [-0.2, 0) is 19.8 Å². The number of rotatable bonds is 5. The lowest BCUT2D eigenvalue weighted by Gasteiger charge is -2.12. The van der Waals surface area contributed by atoms with Crippen molar-refractivity contribution in [2.75, 3.05) is 10.6 Å².